The summed E-state index contributed by atoms with van der Waals surface area (Å²) in [5, 5.41) is 12.6. The van der Waals surface area contributed by atoms with Crippen LogP contribution in [0.2, 0.25) is 0 Å². The first-order valence-electron chi connectivity index (χ1n) is 6.06. The van der Waals surface area contributed by atoms with E-state index >= 15 is 0 Å². The van der Waals surface area contributed by atoms with Crippen LogP contribution in [-0.4, -0.2) is 61.4 Å². The van der Waals surface area contributed by atoms with Gasteiger partial charge in [0.2, 0.25) is 0 Å². The Morgan fingerprint density at radius 3 is 2.76 bits per heavy atom. The highest BCUT2D eigenvalue weighted by Crippen LogP contribution is 2.18. The smallest absolute Gasteiger partial charge is 0.250 e. The van der Waals surface area contributed by atoms with Gasteiger partial charge in [0.15, 0.2) is 0 Å². The summed E-state index contributed by atoms with van der Waals surface area (Å²) in [6, 6.07) is 0. The summed E-state index contributed by atoms with van der Waals surface area (Å²) in [6.45, 7) is 8.13. The molecule has 0 aromatic carbocycles. The number of aliphatic hydroxyl groups excluding tert-OH is 1. The quantitative estimate of drug-likeness (QED) is 0.724. The van der Waals surface area contributed by atoms with Gasteiger partial charge in [-0.3, -0.25) is 4.79 Å². The zero-order valence-electron chi connectivity index (χ0n) is 11.2. The molecule has 2 N–H and O–H groups in total. The third-order valence-corrected chi connectivity index (χ3v) is 3.03. The van der Waals surface area contributed by atoms with Crippen molar-refractivity contribution in [3.8, 4) is 0 Å². The van der Waals surface area contributed by atoms with E-state index in [4.69, 9.17) is 4.74 Å². The zero-order chi connectivity index (χ0) is 13.1. The van der Waals surface area contributed by atoms with E-state index in [0.717, 1.165) is 6.54 Å². The van der Waals surface area contributed by atoms with Gasteiger partial charge in [-0.15, -0.1) is 0 Å². The van der Waals surface area contributed by atoms with Gasteiger partial charge in [0, 0.05) is 19.6 Å². The van der Waals surface area contributed by atoms with E-state index in [-0.39, 0.29) is 17.9 Å². The number of carbonyl (C=O) groups excluding carboxylic acids is 1. The number of carbonyl (C=O) groups is 1. The van der Waals surface area contributed by atoms with E-state index in [0.29, 0.717) is 13.2 Å². The lowest BCUT2D eigenvalue weighted by atomic mass is 9.89. The number of nitrogens with zero attached hydrogens (tertiary/aromatic N) is 1. The van der Waals surface area contributed by atoms with Crippen molar-refractivity contribution in [3.63, 3.8) is 0 Å². The van der Waals surface area contributed by atoms with Crippen molar-refractivity contribution in [2.24, 2.45) is 5.41 Å². The molecule has 5 nitrogen and oxygen atoms in total. The molecule has 2 unspecified atom stereocenters. The predicted octanol–water partition coefficient (Wildman–Crippen LogP) is -0.160. The molecule has 1 amide bonds. The first-order valence-corrected chi connectivity index (χ1v) is 6.06. The lowest BCUT2D eigenvalue weighted by Crippen LogP contribution is -2.50. The molecule has 1 aliphatic rings. The van der Waals surface area contributed by atoms with E-state index < -0.39 is 12.2 Å². The molecule has 17 heavy (non-hydrogen) atoms. The Balaban J connectivity index is 2.34. The number of likely N-dealkylation sites (N-methyl/N-ethyl adjacent to an activating group) is 1. The molecule has 1 heterocycles. The van der Waals surface area contributed by atoms with Crippen molar-refractivity contribution in [1.82, 2.24) is 10.2 Å². The van der Waals surface area contributed by atoms with Crippen LogP contribution in [0.3, 0.4) is 0 Å². The number of hydrogen-bond donors (Lipinski definition) is 2. The second-order valence-electron chi connectivity index (χ2n) is 5.75. The molecule has 0 bridgehead atoms. The second kappa shape index (κ2) is 5.80. The topological polar surface area (TPSA) is 61.8 Å². The van der Waals surface area contributed by atoms with Crippen LogP contribution in [-0.2, 0) is 9.53 Å². The maximum atomic E-state index is 11.8. The minimum Gasteiger partial charge on any atom is -0.391 e. The van der Waals surface area contributed by atoms with Crippen LogP contribution in [0.1, 0.15) is 20.8 Å². The molecule has 2 atom stereocenters. The van der Waals surface area contributed by atoms with Crippen molar-refractivity contribution in [2.75, 3.05) is 33.3 Å². The van der Waals surface area contributed by atoms with E-state index in [1.165, 1.54) is 0 Å². The molecular formula is C12H24N2O3. The third-order valence-electron chi connectivity index (χ3n) is 3.03. The SMILES string of the molecule is CN1CCOC(C(=O)NCC(O)C(C)(C)C)C1. The number of ether oxygens (including phenoxy) is 1. The first-order chi connectivity index (χ1) is 7.80. The number of aliphatic hydroxyl groups is 1. The van der Waals surface area contributed by atoms with Crippen molar-refractivity contribution in [3.05, 3.63) is 0 Å². The molecule has 0 aromatic heterocycles. The molecule has 5 heteroatoms. The average Bonchev–Trinajstić information content (AvgIpc) is 2.24. The number of morpholine rings is 1. The van der Waals surface area contributed by atoms with Gasteiger partial charge in [-0.2, -0.15) is 0 Å². The van der Waals surface area contributed by atoms with Crippen LogP contribution >= 0.6 is 0 Å². The summed E-state index contributed by atoms with van der Waals surface area (Å²) in [5.74, 6) is -0.139. The highest BCUT2D eigenvalue weighted by atomic mass is 16.5. The summed E-state index contributed by atoms with van der Waals surface area (Å²) in [4.78, 5) is 13.9. The van der Waals surface area contributed by atoms with Gasteiger partial charge in [0.05, 0.1) is 12.7 Å². The molecule has 1 aliphatic heterocycles. The van der Waals surface area contributed by atoms with Crippen LogP contribution < -0.4 is 5.32 Å². The highest BCUT2D eigenvalue weighted by Gasteiger charge is 2.27. The molecule has 1 fully saturated rings. The average molecular weight is 244 g/mol. The molecule has 0 aromatic rings. The van der Waals surface area contributed by atoms with Crippen LogP contribution in [0.15, 0.2) is 0 Å². The highest BCUT2D eigenvalue weighted by molar-refractivity contribution is 5.81. The summed E-state index contributed by atoms with van der Waals surface area (Å²) in [6.07, 6.45) is -0.964. The van der Waals surface area contributed by atoms with Crippen molar-refractivity contribution in [1.29, 1.82) is 0 Å². The van der Waals surface area contributed by atoms with E-state index in [1.807, 2.05) is 27.8 Å². The number of rotatable bonds is 3. The molecule has 0 radical (unpaired) electrons. The van der Waals surface area contributed by atoms with Crippen LogP contribution in [0.4, 0.5) is 0 Å². The molecule has 0 saturated carbocycles. The van der Waals surface area contributed by atoms with Gasteiger partial charge in [-0.05, 0) is 12.5 Å². The lowest BCUT2D eigenvalue weighted by molar-refractivity contribution is -0.138. The minimum atomic E-state index is -0.548. The summed E-state index contributed by atoms with van der Waals surface area (Å²) in [7, 11) is 1.97. The van der Waals surface area contributed by atoms with E-state index in [9.17, 15) is 9.90 Å². The van der Waals surface area contributed by atoms with Crippen LogP contribution in [0.25, 0.3) is 0 Å². The third kappa shape index (κ3) is 4.61. The first kappa shape index (κ1) is 14.4. The van der Waals surface area contributed by atoms with Crippen LogP contribution in [0.5, 0.6) is 0 Å². The maximum Gasteiger partial charge on any atom is 0.250 e. The Morgan fingerprint density at radius 2 is 2.24 bits per heavy atom. The van der Waals surface area contributed by atoms with Gasteiger partial charge in [0.25, 0.3) is 5.91 Å². The Bertz CT molecular complexity index is 263. The molecule has 0 spiro atoms. The monoisotopic (exact) mass is 244 g/mol. The van der Waals surface area contributed by atoms with Crippen molar-refractivity contribution >= 4 is 5.91 Å². The Labute approximate surface area is 103 Å². The number of nitrogens with one attached hydrogen (secondary N) is 1. The maximum absolute atomic E-state index is 11.8. The Kier molecular flexibility index (Phi) is 4.91. The largest absolute Gasteiger partial charge is 0.391 e. The molecular weight excluding hydrogens is 220 g/mol. The minimum absolute atomic E-state index is 0.139. The summed E-state index contributed by atoms with van der Waals surface area (Å²) >= 11 is 0. The van der Waals surface area contributed by atoms with Crippen molar-refractivity contribution < 1.29 is 14.6 Å². The van der Waals surface area contributed by atoms with Gasteiger partial charge in [-0.1, -0.05) is 20.8 Å². The molecule has 0 aliphatic carbocycles. The van der Waals surface area contributed by atoms with Gasteiger partial charge >= 0.3 is 0 Å². The van der Waals surface area contributed by atoms with Crippen LogP contribution in [0, 0.1) is 5.41 Å². The van der Waals surface area contributed by atoms with E-state index in [2.05, 4.69) is 10.2 Å². The lowest BCUT2D eigenvalue weighted by Gasteiger charge is -2.30. The van der Waals surface area contributed by atoms with Gasteiger partial charge in [0.1, 0.15) is 6.10 Å². The van der Waals surface area contributed by atoms with Crippen molar-refractivity contribution in [2.45, 2.75) is 33.0 Å². The molecule has 100 valence electrons. The fourth-order valence-electron chi connectivity index (χ4n) is 1.55. The Hall–Kier alpha value is -0.650. The van der Waals surface area contributed by atoms with Gasteiger partial charge < -0.3 is 20.1 Å². The summed E-state index contributed by atoms with van der Waals surface area (Å²) in [5.41, 5.74) is -0.225. The Morgan fingerprint density at radius 1 is 1.59 bits per heavy atom. The number of hydrogen-bond acceptors (Lipinski definition) is 4. The predicted molar refractivity (Wildman–Crippen MR) is 65.7 cm³/mol. The van der Waals surface area contributed by atoms with E-state index in [1.54, 1.807) is 0 Å². The molecule has 1 rings (SSSR count). The fraction of sp³-hybridized carbons (Fsp3) is 0.917. The normalized spacial score (nSPS) is 24.4. The second-order valence-corrected chi connectivity index (χ2v) is 5.75. The number of amides is 1. The molecule has 1 saturated heterocycles. The fourth-order valence-corrected chi connectivity index (χ4v) is 1.55. The standard InChI is InChI=1S/C12H24N2O3/c1-12(2,3)10(15)7-13-11(16)9-8-14(4)5-6-17-9/h9-10,15H,5-8H2,1-4H3,(H,13,16). The summed E-state index contributed by atoms with van der Waals surface area (Å²) < 4.78 is 5.39. The van der Waals surface area contributed by atoms with Gasteiger partial charge in [-0.25, -0.2) is 0 Å². The zero-order valence-corrected chi connectivity index (χ0v) is 11.2.